The van der Waals surface area contributed by atoms with Gasteiger partial charge >= 0.3 is 6.09 Å². The number of benzene rings is 1. The zero-order chi connectivity index (χ0) is 13.5. The van der Waals surface area contributed by atoms with E-state index in [2.05, 4.69) is 0 Å². The van der Waals surface area contributed by atoms with Crippen LogP contribution in [-0.4, -0.2) is 44.2 Å². The van der Waals surface area contributed by atoms with E-state index >= 15 is 0 Å². The fourth-order valence-electron chi connectivity index (χ4n) is 1.51. The zero-order valence-corrected chi connectivity index (χ0v) is 10.7. The topological polar surface area (TPSA) is 68.2 Å². The first-order chi connectivity index (χ1) is 8.62. The van der Waals surface area contributed by atoms with Crippen molar-refractivity contribution < 1.29 is 24.1 Å². The average Bonchev–Trinajstić information content (AvgIpc) is 2.38. The maximum absolute atomic E-state index is 11.0. The number of ether oxygens (including phenoxy) is 3. The molecular weight excluding hydrogens is 238 g/mol. The molecule has 1 aromatic carbocycles. The van der Waals surface area contributed by atoms with Crippen LogP contribution in [0.25, 0.3) is 0 Å². The Morgan fingerprint density at radius 2 is 2.00 bits per heavy atom. The molecule has 0 aliphatic carbocycles. The lowest BCUT2D eigenvalue weighted by Gasteiger charge is -2.19. The van der Waals surface area contributed by atoms with E-state index in [-0.39, 0.29) is 13.3 Å². The second kappa shape index (κ2) is 6.70. The molecule has 6 heteroatoms. The van der Waals surface area contributed by atoms with Gasteiger partial charge in [0.15, 0.2) is 0 Å². The molecule has 0 aliphatic rings. The summed E-state index contributed by atoms with van der Waals surface area (Å²) in [5, 5.41) is 9.01. The molecule has 0 radical (unpaired) electrons. The van der Waals surface area contributed by atoms with Gasteiger partial charge in [-0.05, 0) is 12.1 Å². The number of nitrogens with zero attached hydrogens (tertiary/aromatic N) is 1. The second-order valence-corrected chi connectivity index (χ2v) is 3.58. The molecule has 100 valence electrons. The standard InChI is InChI=1S/C12H17NO5/c1-16-8-13(12(14)15)7-9-4-5-10(17-2)6-11(9)18-3/h4-6H,7-8H2,1-3H3,(H,14,15). The van der Waals surface area contributed by atoms with Crippen molar-refractivity contribution in [2.75, 3.05) is 28.1 Å². The monoisotopic (exact) mass is 255 g/mol. The summed E-state index contributed by atoms with van der Waals surface area (Å²) in [6.45, 7) is 0.195. The minimum Gasteiger partial charge on any atom is -0.497 e. The number of carboxylic acid groups (broad SMARTS) is 1. The van der Waals surface area contributed by atoms with Crippen molar-refractivity contribution in [3.05, 3.63) is 23.8 Å². The Balaban J connectivity index is 2.91. The lowest BCUT2D eigenvalue weighted by atomic mass is 10.2. The maximum atomic E-state index is 11.0. The minimum atomic E-state index is -1.05. The van der Waals surface area contributed by atoms with Gasteiger partial charge < -0.3 is 19.3 Å². The minimum absolute atomic E-state index is 0.00448. The number of hydrogen-bond acceptors (Lipinski definition) is 4. The number of carbonyl (C=O) groups is 1. The van der Waals surface area contributed by atoms with Crippen LogP contribution in [-0.2, 0) is 11.3 Å². The van der Waals surface area contributed by atoms with Crippen LogP contribution >= 0.6 is 0 Å². The molecule has 6 nitrogen and oxygen atoms in total. The Morgan fingerprint density at radius 3 is 2.50 bits per heavy atom. The Hall–Kier alpha value is -1.95. The summed E-state index contributed by atoms with van der Waals surface area (Å²) in [6, 6.07) is 5.23. The first-order valence-electron chi connectivity index (χ1n) is 5.30. The van der Waals surface area contributed by atoms with Crippen LogP contribution in [0.15, 0.2) is 18.2 Å². The van der Waals surface area contributed by atoms with E-state index in [1.165, 1.54) is 14.2 Å². The average molecular weight is 255 g/mol. The van der Waals surface area contributed by atoms with Gasteiger partial charge in [0.2, 0.25) is 0 Å². The van der Waals surface area contributed by atoms with Crippen LogP contribution < -0.4 is 9.47 Å². The van der Waals surface area contributed by atoms with Crippen molar-refractivity contribution in [1.29, 1.82) is 0 Å². The molecule has 0 unspecified atom stereocenters. The van der Waals surface area contributed by atoms with Crippen molar-refractivity contribution in [2.24, 2.45) is 0 Å². The molecule has 18 heavy (non-hydrogen) atoms. The first kappa shape index (κ1) is 14.1. The third-order valence-corrected chi connectivity index (χ3v) is 2.41. The van der Waals surface area contributed by atoms with Crippen molar-refractivity contribution in [3.8, 4) is 11.5 Å². The molecule has 0 spiro atoms. The van der Waals surface area contributed by atoms with Crippen molar-refractivity contribution >= 4 is 6.09 Å². The quantitative estimate of drug-likeness (QED) is 0.785. The highest BCUT2D eigenvalue weighted by molar-refractivity contribution is 5.65. The molecule has 1 rings (SSSR count). The van der Waals surface area contributed by atoms with Gasteiger partial charge in [-0.2, -0.15) is 0 Å². The van der Waals surface area contributed by atoms with Gasteiger partial charge in [-0.3, -0.25) is 4.90 Å². The largest absolute Gasteiger partial charge is 0.497 e. The van der Waals surface area contributed by atoms with Crippen LogP contribution in [0.5, 0.6) is 11.5 Å². The molecule has 0 atom stereocenters. The molecule has 1 aromatic rings. The fraction of sp³-hybridized carbons (Fsp3) is 0.417. The van der Waals surface area contributed by atoms with Gasteiger partial charge in [0, 0.05) is 18.7 Å². The van der Waals surface area contributed by atoms with Crippen molar-refractivity contribution in [3.63, 3.8) is 0 Å². The van der Waals surface area contributed by atoms with E-state index in [0.717, 1.165) is 10.5 Å². The van der Waals surface area contributed by atoms with Gasteiger partial charge in [-0.25, -0.2) is 4.79 Å². The smallest absolute Gasteiger partial charge is 0.409 e. The summed E-state index contributed by atoms with van der Waals surface area (Å²) >= 11 is 0. The lowest BCUT2D eigenvalue weighted by Crippen LogP contribution is -2.30. The molecule has 0 aromatic heterocycles. The molecular formula is C12H17NO5. The van der Waals surface area contributed by atoms with Gasteiger partial charge in [0.25, 0.3) is 0 Å². The molecule has 0 saturated heterocycles. The van der Waals surface area contributed by atoms with E-state index in [4.69, 9.17) is 19.3 Å². The van der Waals surface area contributed by atoms with Crippen LogP contribution in [0, 0.1) is 0 Å². The highest BCUT2D eigenvalue weighted by Crippen LogP contribution is 2.25. The van der Waals surface area contributed by atoms with E-state index in [9.17, 15) is 4.79 Å². The van der Waals surface area contributed by atoms with Gasteiger partial charge in [-0.15, -0.1) is 0 Å². The number of hydrogen-bond donors (Lipinski definition) is 1. The summed E-state index contributed by atoms with van der Waals surface area (Å²) in [7, 11) is 4.53. The maximum Gasteiger partial charge on any atom is 0.409 e. The highest BCUT2D eigenvalue weighted by atomic mass is 16.5. The van der Waals surface area contributed by atoms with E-state index < -0.39 is 6.09 Å². The SMILES string of the molecule is COCN(Cc1ccc(OC)cc1OC)C(=O)O. The van der Waals surface area contributed by atoms with Crippen molar-refractivity contribution in [2.45, 2.75) is 6.54 Å². The van der Waals surface area contributed by atoms with E-state index in [0.29, 0.717) is 11.5 Å². The molecule has 0 bridgehead atoms. The fourth-order valence-corrected chi connectivity index (χ4v) is 1.51. The molecule has 1 amide bonds. The molecule has 0 heterocycles. The zero-order valence-electron chi connectivity index (χ0n) is 10.7. The summed E-state index contributed by atoms with van der Waals surface area (Å²) in [4.78, 5) is 12.1. The van der Waals surface area contributed by atoms with Gasteiger partial charge in [0.1, 0.15) is 18.2 Å². The van der Waals surface area contributed by atoms with Gasteiger partial charge in [-0.1, -0.05) is 0 Å². The first-order valence-corrected chi connectivity index (χ1v) is 5.30. The van der Waals surface area contributed by atoms with Crippen LogP contribution in [0.2, 0.25) is 0 Å². The lowest BCUT2D eigenvalue weighted by molar-refractivity contribution is 0.0553. The normalized spacial score (nSPS) is 9.94. The number of amides is 1. The Labute approximate surface area is 106 Å². The number of methoxy groups -OCH3 is 3. The van der Waals surface area contributed by atoms with Crippen LogP contribution in [0.1, 0.15) is 5.56 Å². The predicted molar refractivity (Wildman–Crippen MR) is 65.0 cm³/mol. The van der Waals surface area contributed by atoms with Gasteiger partial charge in [0.05, 0.1) is 20.8 Å². The van der Waals surface area contributed by atoms with Crippen LogP contribution in [0.3, 0.4) is 0 Å². The third kappa shape index (κ3) is 3.53. The van der Waals surface area contributed by atoms with Crippen LogP contribution in [0.4, 0.5) is 4.79 Å². The Morgan fingerprint density at radius 1 is 1.28 bits per heavy atom. The molecule has 0 fully saturated rings. The molecule has 0 saturated carbocycles. The highest BCUT2D eigenvalue weighted by Gasteiger charge is 2.15. The molecule has 1 N–H and O–H groups in total. The number of rotatable bonds is 6. The van der Waals surface area contributed by atoms with E-state index in [1.54, 1.807) is 25.3 Å². The Kier molecular flexibility index (Phi) is 5.26. The summed E-state index contributed by atoms with van der Waals surface area (Å²) in [6.07, 6.45) is -1.05. The second-order valence-electron chi connectivity index (χ2n) is 3.58. The van der Waals surface area contributed by atoms with E-state index in [1.807, 2.05) is 0 Å². The summed E-state index contributed by atoms with van der Waals surface area (Å²) in [5.41, 5.74) is 0.748. The predicted octanol–water partition coefficient (Wildman–Crippen LogP) is 1.79. The third-order valence-electron chi connectivity index (χ3n) is 2.41. The summed E-state index contributed by atoms with van der Waals surface area (Å²) < 4.78 is 15.1. The summed E-state index contributed by atoms with van der Waals surface area (Å²) in [5.74, 6) is 1.24. The van der Waals surface area contributed by atoms with Crippen molar-refractivity contribution in [1.82, 2.24) is 4.90 Å². The molecule has 0 aliphatic heterocycles. The Bertz CT molecular complexity index is 407.